The largest absolute Gasteiger partial charge is 0.573 e. The number of carbonyl (C=O) groups excluding carboxylic acids is 1. The minimum Gasteiger partial charge on any atom is -0.404 e. The number of rotatable bonds is 6. The van der Waals surface area contributed by atoms with Gasteiger partial charge in [0.15, 0.2) is 0 Å². The Balaban J connectivity index is 1.73. The first-order chi connectivity index (χ1) is 10.9. The lowest BCUT2D eigenvalue weighted by Gasteiger charge is -2.10. The van der Waals surface area contributed by atoms with Gasteiger partial charge in [-0.3, -0.25) is 4.79 Å². The predicted octanol–water partition coefficient (Wildman–Crippen LogP) is 2.82. The van der Waals surface area contributed by atoms with E-state index in [1.807, 2.05) is 6.07 Å². The standard InChI is InChI=1S/C15H14F3N3O2/c16-15(17,18)23-12-6-7-13(21-10-12)19-8-9-20-14(22)11-4-2-1-3-5-11/h1-7,10H,8-9H2,(H,19,21)(H,20,22). The molecular weight excluding hydrogens is 311 g/mol. The molecule has 0 fully saturated rings. The molecule has 5 nitrogen and oxygen atoms in total. The first-order valence-corrected chi connectivity index (χ1v) is 6.73. The summed E-state index contributed by atoms with van der Waals surface area (Å²) in [6, 6.07) is 11.3. The molecule has 0 atom stereocenters. The number of alkyl halides is 3. The van der Waals surface area contributed by atoms with Crippen LogP contribution in [-0.2, 0) is 0 Å². The second kappa shape index (κ2) is 7.48. The number of pyridine rings is 1. The van der Waals surface area contributed by atoms with E-state index in [4.69, 9.17) is 0 Å². The lowest BCUT2D eigenvalue weighted by atomic mass is 10.2. The van der Waals surface area contributed by atoms with Gasteiger partial charge in [0.05, 0.1) is 6.20 Å². The molecule has 1 aromatic carbocycles. The van der Waals surface area contributed by atoms with E-state index >= 15 is 0 Å². The van der Waals surface area contributed by atoms with Crippen molar-refractivity contribution in [2.75, 3.05) is 18.4 Å². The minimum atomic E-state index is -4.74. The number of hydrogen-bond donors (Lipinski definition) is 2. The Labute approximate surface area is 130 Å². The average Bonchev–Trinajstić information content (AvgIpc) is 2.52. The van der Waals surface area contributed by atoms with Crippen LogP contribution in [0.1, 0.15) is 10.4 Å². The second-order valence-corrected chi connectivity index (χ2v) is 4.48. The van der Waals surface area contributed by atoms with Crippen molar-refractivity contribution in [2.24, 2.45) is 0 Å². The van der Waals surface area contributed by atoms with Crippen LogP contribution in [0.4, 0.5) is 19.0 Å². The maximum Gasteiger partial charge on any atom is 0.573 e. The fourth-order valence-corrected chi connectivity index (χ4v) is 1.74. The highest BCUT2D eigenvalue weighted by molar-refractivity contribution is 5.94. The van der Waals surface area contributed by atoms with Crippen molar-refractivity contribution in [2.45, 2.75) is 6.36 Å². The van der Waals surface area contributed by atoms with Crippen LogP contribution in [0.25, 0.3) is 0 Å². The number of carbonyl (C=O) groups is 1. The van der Waals surface area contributed by atoms with E-state index in [2.05, 4.69) is 20.4 Å². The Bertz CT molecular complexity index is 631. The molecule has 122 valence electrons. The summed E-state index contributed by atoms with van der Waals surface area (Å²) in [5.74, 6) is -0.205. The number of halogens is 3. The van der Waals surface area contributed by atoms with Gasteiger partial charge in [-0.1, -0.05) is 18.2 Å². The van der Waals surface area contributed by atoms with Crippen LogP contribution in [0.15, 0.2) is 48.7 Å². The monoisotopic (exact) mass is 325 g/mol. The summed E-state index contributed by atoms with van der Waals surface area (Å²) in [7, 11) is 0. The Morgan fingerprint density at radius 3 is 2.43 bits per heavy atom. The smallest absolute Gasteiger partial charge is 0.404 e. The first kappa shape index (κ1) is 16.6. The average molecular weight is 325 g/mol. The van der Waals surface area contributed by atoms with Crippen LogP contribution in [-0.4, -0.2) is 30.3 Å². The topological polar surface area (TPSA) is 63.2 Å². The SMILES string of the molecule is O=C(NCCNc1ccc(OC(F)(F)F)cn1)c1ccccc1. The van der Waals surface area contributed by atoms with E-state index in [1.54, 1.807) is 24.3 Å². The molecule has 0 radical (unpaired) electrons. The van der Waals surface area contributed by atoms with E-state index in [9.17, 15) is 18.0 Å². The van der Waals surface area contributed by atoms with Gasteiger partial charge in [-0.2, -0.15) is 0 Å². The molecule has 23 heavy (non-hydrogen) atoms. The van der Waals surface area contributed by atoms with E-state index in [0.717, 1.165) is 12.3 Å². The normalized spacial score (nSPS) is 10.9. The minimum absolute atomic E-state index is 0.200. The number of ether oxygens (including phenoxy) is 1. The number of nitrogens with zero attached hydrogens (tertiary/aromatic N) is 1. The third-order valence-electron chi connectivity index (χ3n) is 2.72. The number of amides is 1. The molecule has 8 heteroatoms. The zero-order chi connectivity index (χ0) is 16.7. The number of aromatic nitrogens is 1. The van der Waals surface area contributed by atoms with Crippen molar-refractivity contribution in [3.05, 3.63) is 54.2 Å². The van der Waals surface area contributed by atoms with Crippen LogP contribution < -0.4 is 15.4 Å². The molecule has 0 spiro atoms. The van der Waals surface area contributed by atoms with Crippen LogP contribution in [0, 0.1) is 0 Å². The van der Waals surface area contributed by atoms with Crippen LogP contribution >= 0.6 is 0 Å². The van der Waals surface area contributed by atoms with E-state index < -0.39 is 6.36 Å². The van der Waals surface area contributed by atoms with Gasteiger partial charge < -0.3 is 15.4 Å². The quantitative estimate of drug-likeness (QED) is 0.802. The summed E-state index contributed by atoms with van der Waals surface area (Å²) in [6.45, 7) is 0.723. The molecule has 1 heterocycles. The van der Waals surface area contributed by atoms with Crippen molar-refractivity contribution in [3.8, 4) is 5.75 Å². The molecular formula is C15H14F3N3O2. The van der Waals surface area contributed by atoms with Gasteiger partial charge in [-0.15, -0.1) is 13.2 Å². The molecule has 2 N–H and O–H groups in total. The molecule has 0 saturated carbocycles. The van der Waals surface area contributed by atoms with Gasteiger partial charge in [-0.25, -0.2) is 4.98 Å². The highest BCUT2D eigenvalue weighted by Gasteiger charge is 2.31. The van der Waals surface area contributed by atoms with Crippen molar-refractivity contribution < 1.29 is 22.7 Å². The lowest BCUT2D eigenvalue weighted by molar-refractivity contribution is -0.274. The van der Waals surface area contributed by atoms with Gasteiger partial charge in [0.2, 0.25) is 0 Å². The van der Waals surface area contributed by atoms with Crippen molar-refractivity contribution in [1.82, 2.24) is 10.3 Å². The van der Waals surface area contributed by atoms with Crippen molar-refractivity contribution in [1.29, 1.82) is 0 Å². The fourth-order valence-electron chi connectivity index (χ4n) is 1.74. The molecule has 2 rings (SSSR count). The molecule has 0 aliphatic heterocycles. The third kappa shape index (κ3) is 5.85. The molecule has 2 aromatic rings. The van der Waals surface area contributed by atoms with Crippen molar-refractivity contribution >= 4 is 11.7 Å². The van der Waals surface area contributed by atoms with Crippen LogP contribution in [0.3, 0.4) is 0 Å². The summed E-state index contributed by atoms with van der Waals surface area (Å²) in [5.41, 5.74) is 0.555. The number of nitrogens with one attached hydrogen (secondary N) is 2. The molecule has 0 bridgehead atoms. The van der Waals surface area contributed by atoms with E-state index in [0.29, 0.717) is 24.5 Å². The maximum atomic E-state index is 12.0. The summed E-state index contributed by atoms with van der Waals surface area (Å²) < 4.78 is 39.7. The van der Waals surface area contributed by atoms with E-state index in [1.165, 1.54) is 6.07 Å². The summed E-state index contributed by atoms with van der Waals surface area (Å²) in [4.78, 5) is 15.5. The second-order valence-electron chi connectivity index (χ2n) is 4.48. The molecule has 0 unspecified atom stereocenters. The lowest BCUT2D eigenvalue weighted by Crippen LogP contribution is -2.28. The first-order valence-electron chi connectivity index (χ1n) is 6.73. The zero-order valence-corrected chi connectivity index (χ0v) is 11.9. The number of hydrogen-bond acceptors (Lipinski definition) is 4. The van der Waals surface area contributed by atoms with Gasteiger partial charge in [0.25, 0.3) is 5.91 Å². The van der Waals surface area contributed by atoms with Crippen molar-refractivity contribution in [3.63, 3.8) is 0 Å². The Hall–Kier alpha value is -2.77. The highest BCUT2D eigenvalue weighted by atomic mass is 19.4. The Morgan fingerprint density at radius 2 is 1.83 bits per heavy atom. The predicted molar refractivity (Wildman–Crippen MR) is 78.2 cm³/mol. The van der Waals surface area contributed by atoms with Gasteiger partial charge in [-0.05, 0) is 24.3 Å². The van der Waals surface area contributed by atoms with E-state index in [-0.39, 0.29) is 11.7 Å². The summed E-state index contributed by atoms with van der Waals surface area (Å²) in [6.07, 6.45) is -3.77. The number of anilines is 1. The molecule has 1 amide bonds. The van der Waals surface area contributed by atoms with Gasteiger partial charge in [0.1, 0.15) is 11.6 Å². The molecule has 0 saturated heterocycles. The molecule has 1 aromatic heterocycles. The number of benzene rings is 1. The van der Waals surface area contributed by atoms with Gasteiger partial charge >= 0.3 is 6.36 Å². The third-order valence-corrected chi connectivity index (χ3v) is 2.72. The molecule has 0 aliphatic carbocycles. The zero-order valence-electron chi connectivity index (χ0n) is 11.9. The maximum absolute atomic E-state index is 12.0. The van der Waals surface area contributed by atoms with Gasteiger partial charge in [0, 0.05) is 18.7 Å². The van der Waals surface area contributed by atoms with Crippen LogP contribution in [0.5, 0.6) is 5.75 Å². The highest BCUT2D eigenvalue weighted by Crippen LogP contribution is 2.22. The fraction of sp³-hybridized carbons (Fsp3) is 0.200. The Kier molecular flexibility index (Phi) is 5.40. The summed E-state index contributed by atoms with van der Waals surface area (Å²) in [5, 5.41) is 5.59. The van der Waals surface area contributed by atoms with Crippen LogP contribution in [0.2, 0.25) is 0 Å². The molecule has 0 aliphatic rings. The Morgan fingerprint density at radius 1 is 1.09 bits per heavy atom. The summed E-state index contributed by atoms with van der Waals surface area (Å²) >= 11 is 0.